The Labute approximate surface area is 119 Å². The first-order chi connectivity index (χ1) is 9.72. The van der Waals surface area contributed by atoms with Crippen molar-refractivity contribution in [3.05, 3.63) is 41.7 Å². The summed E-state index contributed by atoms with van der Waals surface area (Å²) < 4.78 is 13.0. The van der Waals surface area contributed by atoms with Gasteiger partial charge in [0.15, 0.2) is 11.5 Å². The Kier molecular flexibility index (Phi) is 5.01. The van der Waals surface area contributed by atoms with Crippen LogP contribution in [0.1, 0.15) is 11.1 Å². The number of nitrogens with one attached hydrogen (secondary N) is 1. The third-order valence-corrected chi connectivity index (χ3v) is 3.02. The SMILES string of the molecule is CNCc1ccc(OC)c(OCCc2cnn(C)c2)c1. The summed E-state index contributed by atoms with van der Waals surface area (Å²) in [5.74, 6) is 1.54. The zero-order chi connectivity index (χ0) is 14.4. The lowest BCUT2D eigenvalue weighted by Crippen LogP contribution is -2.07. The van der Waals surface area contributed by atoms with Crippen LogP contribution in [0.2, 0.25) is 0 Å². The molecule has 0 aliphatic rings. The molecule has 2 rings (SSSR count). The Morgan fingerprint density at radius 2 is 2.10 bits per heavy atom. The van der Waals surface area contributed by atoms with Crippen LogP contribution in [-0.4, -0.2) is 30.5 Å². The molecule has 108 valence electrons. The monoisotopic (exact) mass is 275 g/mol. The molecule has 0 aliphatic heterocycles. The molecule has 5 nitrogen and oxygen atoms in total. The highest BCUT2D eigenvalue weighted by molar-refractivity contribution is 5.43. The summed E-state index contributed by atoms with van der Waals surface area (Å²) in [6.07, 6.45) is 4.68. The molecule has 1 aromatic heterocycles. The average molecular weight is 275 g/mol. The van der Waals surface area contributed by atoms with Gasteiger partial charge < -0.3 is 14.8 Å². The van der Waals surface area contributed by atoms with Crippen LogP contribution in [0.5, 0.6) is 11.5 Å². The molecule has 0 fully saturated rings. The minimum Gasteiger partial charge on any atom is -0.493 e. The van der Waals surface area contributed by atoms with Gasteiger partial charge in [0.25, 0.3) is 0 Å². The van der Waals surface area contributed by atoms with E-state index in [-0.39, 0.29) is 0 Å². The second kappa shape index (κ2) is 6.96. The second-order valence-corrected chi connectivity index (χ2v) is 4.64. The Morgan fingerprint density at radius 3 is 2.75 bits per heavy atom. The average Bonchev–Trinajstić information content (AvgIpc) is 2.85. The summed E-state index contributed by atoms with van der Waals surface area (Å²) in [7, 11) is 5.49. The third-order valence-electron chi connectivity index (χ3n) is 3.02. The molecule has 0 saturated heterocycles. The number of benzene rings is 1. The molecule has 0 unspecified atom stereocenters. The van der Waals surface area contributed by atoms with Crippen molar-refractivity contribution < 1.29 is 9.47 Å². The van der Waals surface area contributed by atoms with Crippen molar-refractivity contribution >= 4 is 0 Å². The highest BCUT2D eigenvalue weighted by atomic mass is 16.5. The van der Waals surface area contributed by atoms with E-state index in [1.54, 1.807) is 11.8 Å². The van der Waals surface area contributed by atoms with Crippen molar-refractivity contribution in [2.45, 2.75) is 13.0 Å². The predicted molar refractivity (Wildman–Crippen MR) is 78.2 cm³/mol. The van der Waals surface area contributed by atoms with Crippen LogP contribution < -0.4 is 14.8 Å². The number of methoxy groups -OCH3 is 1. The van der Waals surface area contributed by atoms with Crippen molar-refractivity contribution in [2.75, 3.05) is 20.8 Å². The van der Waals surface area contributed by atoms with E-state index in [1.165, 1.54) is 5.56 Å². The number of hydrogen-bond acceptors (Lipinski definition) is 4. The summed E-state index contributed by atoms with van der Waals surface area (Å²) >= 11 is 0. The summed E-state index contributed by atoms with van der Waals surface area (Å²) in [5, 5.41) is 7.27. The number of aryl methyl sites for hydroxylation is 1. The lowest BCUT2D eigenvalue weighted by Gasteiger charge is -2.12. The first-order valence-electron chi connectivity index (χ1n) is 6.64. The van der Waals surface area contributed by atoms with E-state index in [0.29, 0.717) is 6.61 Å². The van der Waals surface area contributed by atoms with E-state index < -0.39 is 0 Å². The highest BCUT2D eigenvalue weighted by Crippen LogP contribution is 2.28. The quantitative estimate of drug-likeness (QED) is 0.836. The lowest BCUT2D eigenvalue weighted by atomic mass is 10.2. The zero-order valence-corrected chi connectivity index (χ0v) is 12.2. The van der Waals surface area contributed by atoms with Gasteiger partial charge in [0.2, 0.25) is 0 Å². The fourth-order valence-corrected chi connectivity index (χ4v) is 2.03. The lowest BCUT2D eigenvalue weighted by molar-refractivity contribution is 0.297. The van der Waals surface area contributed by atoms with Crippen molar-refractivity contribution in [1.29, 1.82) is 0 Å². The summed E-state index contributed by atoms with van der Waals surface area (Å²) in [5.41, 5.74) is 2.34. The number of rotatable bonds is 7. The molecule has 1 aromatic carbocycles. The van der Waals surface area contributed by atoms with Gasteiger partial charge in [-0.3, -0.25) is 4.68 Å². The molecule has 0 radical (unpaired) electrons. The maximum atomic E-state index is 5.84. The van der Waals surface area contributed by atoms with E-state index in [0.717, 1.165) is 30.0 Å². The van der Waals surface area contributed by atoms with Crippen molar-refractivity contribution in [3.63, 3.8) is 0 Å². The number of ether oxygens (including phenoxy) is 2. The van der Waals surface area contributed by atoms with Gasteiger partial charge in [-0.05, 0) is 30.3 Å². The standard InChI is InChI=1S/C15H21N3O2/c1-16-9-12-4-5-14(19-3)15(8-12)20-7-6-13-10-17-18(2)11-13/h4-5,8,10-11,16H,6-7,9H2,1-3H3. The minimum absolute atomic E-state index is 0.602. The zero-order valence-electron chi connectivity index (χ0n) is 12.2. The third kappa shape index (κ3) is 3.74. The minimum atomic E-state index is 0.602. The Balaban J connectivity index is 1.98. The molecule has 5 heteroatoms. The summed E-state index contributed by atoms with van der Waals surface area (Å²) in [4.78, 5) is 0. The van der Waals surface area contributed by atoms with Gasteiger partial charge in [0.05, 0.1) is 19.9 Å². The summed E-state index contributed by atoms with van der Waals surface area (Å²) in [6.45, 7) is 1.41. The van der Waals surface area contributed by atoms with Gasteiger partial charge in [-0.1, -0.05) is 6.07 Å². The first kappa shape index (κ1) is 14.4. The Hall–Kier alpha value is -2.01. The molecule has 0 bridgehead atoms. The van der Waals surface area contributed by atoms with Crippen molar-refractivity contribution in [2.24, 2.45) is 7.05 Å². The fraction of sp³-hybridized carbons (Fsp3) is 0.400. The highest BCUT2D eigenvalue weighted by Gasteiger charge is 2.06. The smallest absolute Gasteiger partial charge is 0.161 e. The summed E-state index contributed by atoms with van der Waals surface area (Å²) in [6, 6.07) is 5.98. The maximum absolute atomic E-state index is 5.84. The molecule has 1 heterocycles. The second-order valence-electron chi connectivity index (χ2n) is 4.64. The van der Waals surface area contributed by atoms with Crippen LogP contribution >= 0.6 is 0 Å². The molecular formula is C15H21N3O2. The van der Waals surface area contributed by atoms with Crippen LogP contribution in [0.25, 0.3) is 0 Å². The van der Waals surface area contributed by atoms with E-state index in [4.69, 9.17) is 9.47 Å². The van der Waals surface area contributed by atoms with Crippen LogP contribution in [-0.2, 0) is 20.0 Å². The maximum Gasteiger partial charge on any atom is 0.161 e. The number of nitrogens with zero attached hydrogens (tertiary/aromatic N) is 2. The molecule has 0 saturated carbocycles. The van der Waals surface area contributed by atoms with Crippen molar-refractivity contribution in [3.8, 4) is 11.5 Å². The Morgan fingerprint density at radius 1 is 1.25 bits per heavy atom. The van der Waals surface area contributed by atoms with Gasteiger partial charge in [-0.25, -0.2) is 0 Å². The van der Waals surface area contributed by atoms with Gasteiger partial charge in [0, 0.05) is 26.2 Å². The molecule has 0 spiro atoms. The molecule has 0 amide bonds. The molecule has 0 atom stereocenters. The van der Waals surface area contributed by atoms with E-state index in [1.807, 2.05) is 44.7 Å². The van der Waals surface area contributed by atoms with Gasteiger partial charge in [0.1, 0.15) is 0 Å². The number of hydrogen-bond donors (Lipinski definition) is 1. The van der Waals surface area contributed by atoms with Crippen LogP contribution in [0.15, 0.2) is 30.6 Å². The number of aromatic nitrogens is 2. The van der Waals surface area contributed by atoms with Gasteiger partial charge in [-0.2, -0.15) is 5.10 Å². The van der Waals surface area contributed by atoms with E-state index in [9.17, 15) is 0 Å². The largest absolute Gasteiger partial charge is 0.493 e. The first-order valence-corrected chi connectivity index (χ1v) is 6.64. The fourth-order valence-electron chi connectivity index (χ4n) is 2.03. The van der Waals surface area contributed by atoms with Crippen LogP contribution in [0.3, 0.4) is 0 Å². The Bertz CT molecular complexity index is 552. The normalized spacial score (nSPS) is 10.6. The van der Waals surface area contributed by atoms with Crippen molar-refractivity contribution in [1.82, 2.24) is 15.1 Å². The molecular weight excluding hydrogens is 254 g/mol. The molecule has 1 N–H and O–H groups in total. The topological polar surface area (TPSA) is 48.3 Å². The molecule has 2 aromatic rings. The van der Waals surface area contributed by atoms with Crippen LogP contribution in [0, 0.1) is 0 Å². The molecule has 0 aliphatic carbocycles. The van der Waals surface area contributed by atoms with Gasteiger partial charge >= 0.3 is 0 Å². The van der Waals surface area contributed by atoms with Crippen LogP contribution in [0.4, 0.5) is 0 Å². The molecule has 20 heavy (non-hydrogen) atoms. The predicted octanol–water partition coefficient (Wildman–Crippen LogP) is 1.77. The van der Waals surface area contributed by atoms with E-state index >= 15 is 0 Å². The van der Waals surface area contributed by atoms with Gasteiger partial charge in [-0.15, -0.1) is 0 Å². The van der Waals surface area contributed by atoms with E-state index in [2.05, 4.69) is 10.4 Å².